The van der Waals surface area contributed by atoms with Gasteiger partial charge in [-0.05, 0) is 57.1 Å². The van der Waals surface area contributed by atoms with E-state index < -0.39 is 0 Å². The topological polar surface area (TPSA) is 60.2 Å². The number of nitrogens with zero attached hydrogens (tertiary/aromatic N) is 4. The van der Waals surface area contributed by atoms with Crippen molar-refractivity contribution in [3.63, 3.8) is 0 Å². The zero-order valence-corrected chi connectivity index (χ0v) is 14.7. The minimum atomic E-state index is 0.333. The number of hydrogen-bond acceptors (Lipinski definition) is 4. The largest absolute Gasteiger partial charge is 0.357 e. The third-order valence-electron chi connectivity index (χ3n) is 5.41. The number of piperidine rings is 1. The maximum Gasteiger partial charge on any atom is 0.222 e. The van der Waals surface area contributed by atoms with E-state index in [2.05, 4.69) is 16.0 Å². The first-order valence-electron chi connectivity index (χ1n) is 8.99. The van der Waals surface area contributed by atoms with E-state index in [4.69, 9.17) is 0 Å². The van der Waals surface area contributed by atoms with E-state index in [0.717, 1.165) is 75.4 Å². The van der Waals surface area contributed by atoms with Crippen LogP contribution in [-0.4, -0.2) is 42.0 Å². The van der Waals surface area contributed by atoms with Crippen LogP contribution in [0.25, 0.3) is 0 Å². The van der Waals surface area contributed by atoms with Gasteiger partial charge in [0.2, 0.25) is 5.91 Å². The number of pyridine rings is 1. The van der Waals surface area contributed by atoms with Crippen molar-refractivity contribution in [3.05, 3.63) is 22.9 Å². The summed E-state index contributed by atoms with van der Waals surface area (Å²) in [5, 5.41) is 9.17. The number of carbonyl (C=O) groups excluding carboxylic acids is 1. The zero-order valence-electron chi connectivity index (χ0n) is 14.7. The van der Waals surface area contributed by atoms with Gasteiger partial charge < -0.3 is 9.80 Å². The van der Waals surface area contributed by atoms with Crippen LogP contribution in [0.15, 0.2) is 6.07 Å². The van der Waals surface area contributed by atoms with Gasteiger partial charge in [-0.2, -0.15) is 5.26 Å². The van der Waals surface area contributed by atoms with Gasteiger partial charge in [-0.25, -0.2) is 4.98 Å². The molecule has 3 heterocycles. The van der Waals surface area contributed by atoms with Gasteiger partial charge in [-0.3, -0.25) is 4.79 Å². The van der Waals surface area contributed by atoms with Crippen LogP contribution in [0.2, 0.25) is 0 Å². The molecule has 0 N–H and O–H groups in total. The lowest BCUT2D eigenvalue weighted by Gasteiger charge is -2.34. The molecule has 2 fully saturated rings. The van der Waals surface area contributed by atoms with Crippen LogP contribution < -0.4 is 4.90 Å². The Bertz CT molecular complexity index is 633. The molecule has 0 aromatic carbocycles. The molecule has 0 unspecified atom stereocenters. The van der Waals surface area contributed by atoms with Crippen LogP contribution >= 0.6 is 0 Å². The van der Waals surface area contributed by atoms with Gasteiger partial charge in [0.15, 0.2) is 0 Å². The highest BCUT2D eigenvalue weighted by atomic mass is 16.2. The molecule has 2 aliphatic rings. The molecule has 5 heteroatoms. The Balaban J connectivity index is 1.53. The van der Waals surface area contributed by atoms with Gasteiger partial charge >= 0.3 is 0 Å². The summed E-state index contributed by atoms with van der Waals surface area (Å²) in [7, 11) is 0. The number of likely N-dealkylation sites (tertiary alicyclic amines) is 1. The van der Waals surface area contributed by atoms with Crippen LogP contribution in [0.4, 0.5) is 5.82 Å². The standard InChI is InChI=1S/C19H26N4O/c1-14-12-18(21-15(2)17(14)13-20)22-9-5-16(6-10-22)7-11-23-8-3-4-19(23)24/h12,16H,3-11H2,1-2H3. The Morgan fingerprint density at radius 3 is 2.62 bits per heavy atom. The molecule has 1 aromatic rings. The first-order chi connectivity index (χ1) is 11.6. The molecular weight excluding hydrogens is 300 g/mol. The van der Waals surface area contributed by atoms with E-state index in [1.165, 1.54) is 0 Å². The van der Waals surface area contributed by atoms with Gasteiger partial charge in [0.25, 0.3) is 0 Å². The molecule has 0 saturated carbocycles. The molecule has 5 nitrogen and oxygen atoms in total. The average molecular weight is 326 g/mol. The van der Waals surface area contributed by atoms with E-state index >= 15 is 0 Å². The van der Waals surface area contributed by atoms with Crippen molar-refractivity contribution >= 4 is 11.7 Å². The first-order valence-corrected chi connectivity index (χ1v) is 8.99. The maximum atomic E-state index is 11.7. The first kappa shape index (κ1) is 16.8. The minimum absolute atomic E-state index is 0.333. The Kier molecular flexibility index (Phi) is 5.03. The third-order valence-corrected chi connectivity index (χ3v) is 5.41. The molecule has 0 bridgehead atoms. The lowest BCUT2D eigenvalue weighted by atomic mass is 9.93. The van der Waals surface area contributed by atoms with Crippen LogP contribution in [0.3, 0.4) is 0 Å². The summed E-state index contributed by atoms with van der Waals surface area (Å²) >= 11 is 0. The Morgan fingerprint density at radius 2 is 2.04 bits per heavy atom. The fourth-order valence-corrected chi connectivity index (χ4v) is 3.87. The summed E-state index contributed by atoms with van der Waals surface area (Å²) in [6.45, 7) is 7.79. The number of anilines is 1. The highest BCUT2D eigenvalue weighted by molar-refractivity contribution is 5.78. The van der Waals surface area contributed by atoms with Crippen LogP contribution in [0.5, 0.6) is 0 Å². The van der Waals surface area contributed by atoms with Gasteiger partial charge in [0.05, 0.1) is 11.3 Å². The molecule has 0 spiro atoms. The summed E-state index contributed by atoms with van der Waals surface area (Å²) in [5.74, 6) is 2.03. The van der Waals surface area contributed by atoms with Crippen molar-refractivity contribution in [2.45, 2.75) is 46.0 Å². The zero-order chi connectivity index (χ0) is 17.1. The van der Waals surface area contributed by atoms with Gasteiger partial charge in [0, 0.05) is 32.6 Å². The van der Waals surface area contributed by atoms with E-state index in [1.54, 1.807) is 0 Å². The average Bonchev–Trinajstić information content (AvgIpc) is 2.98. The highest BCUT2D eigenvalue weighted by Gasteiger charge is 2.24. The number of hydrogen-bond donors (Lipinski definition) is 0. The second kappa shape index (κ2) is 7.21. The van der Waals surface area contributed by atoms with Gasteiger partial charge in [0.1, 0.15) is 11.9 Å². The number of aromatic nitrogens is 1. The molecule has 3 rings (SSSR count). The number of nitriles is 1. The quantitative estimate of drug-likeness (QED) is 0.853. The minimum Gasteiger partial charge on any atom is -0.357 e. The number of carbonyl (C=O) groups is 1. The molecule has 2 aliphatic heterocycles. The number of rotatable bonds is 4. The molecular formula is C19H26N4O. The molecule has 0 radical (unpaired) electrons. The highest BCUT2D eigenvalue weighted by Crippen LogP contribution is 2.26. The fraction of sp³-hybridized carbons (Fsp3) is 0.632. The number of amides is 1. The molecule has 2 saturated heterocycles. The van der Waals surface area contributed by atoms with Crippen molar-refractivity contribution in [2.75, 3.05) is 31.1 Å². The summed E-state index contributed by atoms with van der Waals surface area (Å²) in [5.41, 5.74) is 2.53. The summed E-state index contributed by atoms with van der Waals surface area (Å²) in [6.07, 6.45) is 5.20. The van der Waals surface area contributed by atoms with E-state index in [1.807, 2.05) is 24.8 Å². The van der Waals surface area contributed by atoms with Crippen molar-refractivity contribution in [1.29, 1.82) is 5.26 Å². The van der Waals surface area contributed by atoms with Crippen LogP contribution in [0.1, 0.15) is 48.9 Å². The monoisotopic (exact) mass is 326 g/mol. The predicted octanol–water partition coefficient (Wildman–Crippen LogP) is 2.80. The van der Waals surface area contributed by atoms with E-state index in [-0.39, 0.29) is 0 Å². The Hall–Kier alpha value is -2.09. The smallest absolute Gasteiger partial charge is 0.222 e. The maximum absolute atomic E-state index is 11.7. The van der Waals surface area contributed by atoms with Gasteiger partial charge in [-0.15, -0.1) is 0 Å². The Morgan fingerprint density at radius 1 is 1.29 bits per heavy atom. The van der Waals surface area contributed by atoms with E-state index in [0.29, 0.717) is 17.4 Å². The van der Waals surface area contributed by atoms with Crippen molar-refractivity contribution in [3.8, 4) is 6.07 Å². The van der Waals surface area contributed by atoms with Crippen molar-refractivity contribution in [2.24, 2.45) is 5.92 Å². The fourth-order valence-electron chi connectivity index (χ4n) is 3.87. The molecule has 1 aromatic heterocycles. The predicted molar refractivity (Wildman–Crippen MR) is 93.8 cm³/mol. The SMILES string of the molecule is Cc1cc(N2CCC(CCN3CCCC3=O)CC2)nc(C)c1C#N. The van der Waals surface area contributed by atoms with Crippen molar-refractivity contribution in [1.82, 2.24) is 9.88 Å². The Labute approximate surface area is 144 Å². The normalized spacial score (nSPS) is 19.0. The molecule has 0 atom stereocenters. The van der Waals surface area contributed by atoms with Gasteiger partial charge in [-0.1, -0.05) is 0 Å². The van der Waals surface area contributed by atoms with Crippen LogP contribution in [0, 0.1) is 31.1 Å². The van der Waals surface area contributed by atoms with Crippen LogP contribution in [-0.2, 0) is 4.79 Å². The molecule has 24 heavy (non-hydrogen) atoms. The number of aryl methyl sites for hydroxylation is 2. The molecule has 128 valence electrons. The second-order valence-corrected chi connectivity index (χ2v) is 7.07. The van der Waals surface area contributed by atoms with E-state index in [9.17, 15) is 10.1 Å². The summed E-state index contributed by atoms with van der Waals surface area (Å²) in [4.78, 5) is 20.7. The lowest BCUT2D eigenvalue weighted by molar-refractivity contribution is -0.127. The summed E-state index contributed by atoms with van der Waals surface area (Å²) < 4.78 is 0. The lowest BCUT2D eigenvalue weighted by Crippen LogP contribution is -2.36. The third kappa shape index (κ3) is 3.53. The molecule has 1 amide bonds. The summed E-state index contributed by atoms with van der Waals surface area (Å²) in [6, 6.07) is 4.27. The molecule has 0 aliphatic carbocycles. The van der Waals surface area contributed by atoms with Crippen molar-refractivity contribution < 1.29 is 4.79 Å². The second-order valence-electron chi connectivity index (χ2n) is 7.07.